The molecule has 0 aromatic carbocycles. The summed E-state index contributed by atoms with van der Waals surface area (Å²) in [5, 5.41) is 8.82. The van der Waals surface area contributed by atoms with Crippen molar-refractivity contribution in [3.8, 4) is 0 Å². The van der Waals surface area contributed by atoms with Crippen LogP contribution in [-0.4, -0.2) is 16.7 Å². The fourth-order valence-corrected chi connectivity index (χ4v) is 1.02. The molecule has 60 valence electrons. The summed E-state index contributed by atoms with van der Waals surface area (Å²) in [6.07, 6.45) is 1.77. The number of aromatic nitrogens is 1. The average molecular weight is 216 g/mol. The third-order valence-corrected chi connectivity index (χ3v) is 2.06. The number of hydrogen-bond donors (Lipinski definition) is 1. The maximum Gasteiger partial charge on any atom is 0.106 e. The molecule has 1 aromatic heterocycles. The monoisotopic (exact) mass is 215 g/mol. The van der Waals surface area contributed by atoms with Crippen LogP contribution in [0.3, 0.4) is 0 Å². The van der Waals surface area contributed by atoms with Crippen molar-refractivity contribution in [3.05, 3.63) is 28.5 Å². The van der Waals surface area contributed by atoms with Gasteiger partial charge in [-0.1, -0.05) is 13.0 Å². The summed E-state index contributed by atoms with van der Waals surface area (Å²) >= 11 is 3.24. The van der Waals surface area contributed by atoms with E-state index in [4.69, 9.17) is 5.11 Å². The molecule has 1 heterocycles. The van der Waals surface area contributed by atoms with Crippen molar-refractivity contribution in [1.29, 1.82) is 0 Å². The van der Waals surface area contributed by atoms with E-state index in [0.717, 1.165) is 10.2 Å². The van der Waals surface area contributed by atoms with Crippen LogP contribution in [0.25, 0.3) is 0 Å². The molecule has 2 nitrogen and oxygen atoms in total. The molecule has 0 saturated carbocycles. The smallest absolute Gasteiger partial charge is 0.106 e. The number of pyridine rings is 1. The molecule has 0 bridgehead atoms. The summed E-state index contributed by atoms with van der Waals surface area (Å²) in [7, 11) is 0. The molecule has 0 saturated heterocycles. The highest BCUT2D eigenvalue weighted by atomic mass is 79.9. The molecular formula is C8H10BrNO. The van der Waals surface area contributed by atoms with Crippen molar-refractivity contribution in [1.82, 2.24) is 4.98 Å². The minimum atomic E-state index is 0.170. The molecule has 1 N–H and O–H groups in total. The molecular weight excluding hydrogens is 206 g/mol. The van der Waals surface area contributed by atoms with Gasteiger partial charge < -0.3 is 5.11 Å². The van der Waals surface area contributed by atoms with Crippen LogP contribution in [0.4, 0.5) is 0 Å². The molecule has 0 aliphatic heterocycles. The van der Waals surface area contributed by atoms with Gasteiger partial charge in [0.2, 0.25) is 0 Å². The Labute approximate surface area is 74.4 Å². The molecule has 0 aliphatic carbocycles. The SMILES string of the molecule is CC(CO)c1ccc(Br)nc1. The molecule has 0 aliphatic rings. The minimum Gasteiger partial charge on any atom is -0.396 e. The first-order valence-corrected chi connectivity index (χ1v) is 4.25. The molecule has 1 aromatic rings. The van der Waals surface area contributed by atoms with Crippen LogP contribution < -0.4 is 0 Å². The van der Waals surface area contributed by atoms with Crippen LogP contribution >= 0.6 is 15.9 Å². The number of nitrogens with zero attached hydrogens (tertiary/aromatic N) is 1. The Balaban J connectivity index is 2.81. The number of aliphatic hydroxyl groups is 1. The summed E-state index contributed by atoms with van der Waals surface area (Å²) in [6.45, 7) is 2.13. The Hall–Kier alpha value is -0.410. The zero-order valence-corrected chi connectivity index (χ0v) is 7.87. The summed E-state index contributed by atoms with van der Waals surface area (Å²) < 4.78 is 0.825. The predicted octanol–water partition coefficient (Wildman–Crippen LogP) is 1.94. The molecule has 1 atom stereocenters. The maximum atomic E-state index is 8.82. The van der Waals surface area contributed by atoms with Gasteiger partial charge in [-0.15, -0.1) is 0 Å². The zero-order chi connectivity index (χ0) is 8.27. The Bertz CT molecular complexity index is 222. The van der Waals surface area contributed by atoms with Crippen LogP contribution in [0.1, 0.15) is 18.4 Å². The summed E-state index contributed by atoms with van der Waals surface area (Å²) in [5.41, 5.74) is 1.07. The first-order chi connectivity index (χ1) is 5.24. The van der Waals surface area contributed by atoms with Crippen LogP contribution in [0.2, 0.25) is 0 Å². The van der Waals surface area contributed by atoms with Gasteiger partial charge in [0.1, 0.15) is 4.60 Å². The van der Waals surface area contributed by atoms with E-state index < -0.39 is 0 Å². The Morgan fingerprint density at radius 3 is 2.82 bits per heavy atom. The number of hydrogen-bond acceptors (Lipinski definition) is 2. The van der Waals surface area contributed by atoms with E-state index in [1.807, 2.05) is 19.1 Å². The topological polar surface area (TPSA) is 33.1 Å². The molecule has 1 unspecified atom stereocenters. The van der Waals surface area contributed by atoms with E-state index in [2.05, 4.69) is 20.9 Å². The van der Waals surface area contributed by atoms with Crippen molar-refractivity contribution < 1.29 is 5.11 Å². The second-order valence-electron chi connectivity index (χ2n) is 2.50. The van der Waals surface area contributed by atoms with Gasteiger partial charge in [0.25, 0.3) is 0 Å². The number of rotatable bonds is 2. The summed E-state index contributed by atoms with van der Waals surface area (Å²) in [4.78, 5) is 4.05. The lowest BCUT2D eigenvalue weighted by molar-refractivity contribution is 0.273. The fraction of sp³-hybridized carbons (Fsp3) is 0.375. The number of halogens is 1. The molecule has 3 heteroatoms. The second-order valence-corrected chi connectivity index (χ2v) is 3.31. The van der Waals surface area contributed by atoms with Crippen molar-refractivity contribution in [2.24, 2.45) is 0 Å². The van der Waals surface area contributed by atoms with Gasteiger partial charge in [-0.05, 0) is 27.6 Å². The van der Waals surface area contributed by atoms with Gasteiger partial charge in [-0.25, -0.2) is 4.98 Å². The summed E-state index contributed by atoms with van der Waals surface area (Å²) in [5.74, 6) is 0.176. The van der Waals surface area contributed by atoms with E-state index in [9.17, 15) is 0 Å². The zero-order valence-electron chi connectivity index (χ0n) is 6.29. The Morgan fingerprint density at radius 1 is 1.64 bits per heavy atom. The highest BCUT2D eigenvalue weighted by Crippen LogP contribution is 2.14. The van der Waals surface area contributed by atoms with Crippen LogP contribution in [0.5, 0.6) is 0 Å². The molecule has 0 radical (unpaired) electrons. The van der Waals surface area contributed by atoms with E-state index in [1.165, 1.54) is 0 Å². The van der Waals surface area contributed by atoms with Crippen LogP contribution in [0.15, 0.2) is 22.9 Å². The Kier molecular flexibility index (Phi) is 3.02. The van der Waals surface area contributed by atoms with E-state index in [-0.39, 0.29) is 12.5 Å². The average Bonchev–Trinajstić information content (AvgIpc) is 2.05. The highest BCUT2D eigenvalue weighted by Gasteiger charge is 2.02. The molecule has 0 spiro atoms. The van der Waals surface area contributed by atoms with Gasteiger partial charge in [0, 0.05) is 18.7 Å². The third kappa shape index (κ3) is 2.27. The standard InChI is InChI=1S/C8H10BrNO/c1-6(5-11)7-2-3-8(9)10-4-7/h2-4,6,11H,5H2,1H3. The quantitative estimate of drug-likeness (QED) is 0.766. The first-order valence-electron chi connectivity index (χ1n) is 3.46. The van der Waals surface area contributed by atoms with Gasteiger partial charge >= 0.3 is 0 Å². The highest BCUT2D eigenvalue weighted by molar-refractivity contribution is 9.10. The van der Waals surface area contributed by atoms with E-state index >= 15 is 0 Å². The van der Waals surface area contributed by atoms with E-state index in [0.29, 0.717) is 0 Å². The maximum absolute atomic E-state index is 8.82. The lowest BCUT2D eigenvalue weighted by atomic mass is 10.1. The summed E-state index contributed by atoms with van der Waals surface area (Å²) in [6, 6.07) is 3.83. The van der Waals surface area contributed by atoms with Crippen molar-refractivity contribution in [2.45, 2.75) is 12.8 Å². The molecule has 11 heavy (non-hydrogen) atoms. The van der Waals surface area contributed by atoms with Gasteiger partial charge in [0.15, 0.2) is 0 Å². The third-order valence-electron chi connectivity index (χ3n) is 1.59. The lowest BCUT2D eigenvalue weighted by Gasteiger charge is -2.06. The lowest BCUT2D eigenvalue weighted by Crippen LogP contribution is -1.98. The van der Waals surface area contributed by atoms with Gasteiger partial charge in [0.05, 0.1) is 0 Å². The largest absolute Gasteiger partial charge is 0.396 e. The normalized spacial score (nSPS) is 13.0. The predicted molar refractivity (Wildman–Crippen MR) is 47.4 cm³/mol. The second kappa shape index (κ2) is 3.83. The number of aliphatic hydroxyl groups excluding tert-OH is 1. The van der Waals surface area contributed by atoms with Crippen molar-refractivity contribution in [3.63, 3.8) is 0 Å². The van der Waals surface area contributed by atoms with Gasteiger partial charge in [-0.2, -0.15) is 0 Å². The van der Waals surface area contributed by atoms with Crippen molar-refractivity contribution >= 4 is 15.9 Å². The molecule has 0 amide bonds. The van der Waals surface area contributed by atoms with Crippen LogP contribution in [0, 0.1) is 0 Å². The fourth-order valence-electron chi connectivity index (χ4n) is 0.784. The molecule has 0 fully saturated rings. The molecule has 1 rings (SSSR count). The van der Waals surface area contributed by atoms with Gasteiger partial charge in [-0.3, -0.25) is 0 Å². The first kappa shape index (κ1) is 8.68. The van der Waals surface area contributed by atoms with Crippen molar-refractivity contribution in [2.75, 3.05) is 6.61 Å². The Morgan fingerprint density at radius 2 is 2.36 bits per heavy atom. The minimum absolute atomic E-state index is 0.170. The van der Waals surface area contributed by atoms with Crippen LogP contribution in [-0.2, 0) is 0 Å². The van der Waals surface area contributed by atoms with E-state index in [1.54, 1.807) is 6.20 Å².